The smallest absolute Gasteiger partial charge is 0.247 e. The van der Waals surface area contributed by atoms with E-state index in [1.165, 1.54) is 19.9 Å². The van der Waals surface area contributed by atoms with Gasteiger partial charge in [-0.1, -0.05) is 6.07 Å². The highest BCUT2D eigenvalue weighted by Crippen LogP contribution is 2.23. The van der Waals surface area contributed by atoms with Crippen LogP contribution in [0.1, 0.15) is 34.1 Å². The normalized spacial score (nSPS) is 14.1. The second-order valence-corrected chi connectivity index (χ2v) is 4.85. The summed E-state index contributed by atoms with van der Waals surface area (Å²) in [6.07, 6.45) is 2.07. The van der Waals surface area contributed by atoms with Crippen molar-refractivity contribution in [3.05, 3.63) is 57.3 Å². The maximum Gasteiger partial charge on any atom is 0.247 e. The van der Waals surface area contributed by atoms with Gasteiger partial charge in [-0.15, -0.1) is 0 Å². The minimum absolute atomic E-state index is 0.0289. The van der Waals surface area contributed by atoms with Crippen molar-refractivity contribution in [2.24, 2.45) is 0 Å². The van der Waals surface area contributed by atoms with Gasteiger partial charge in [-0.25, -0.2) is 0 Å². The van der Waals surface area contributed by atoms with Gasteiger partial charge in [0.1, 0.15) is 0 Å². The summed E-state index contributed by atoms with van der Waals surface area (Å²) >= 11 is 0. The van der Waals surface area contributed by atoms with Crippen LogP contribution < -0.4 is 10.9 Å². The van der Waals surface area contributed by atoms with E-state index in [2.05, 4.69) is 10.3 Å². The molecule has 0 fully saturated rings. The van der Waals surface area contributed by atoms with Gasteiger partial charge in [0.05, 0.1) is 0 Å². The van der Waals surface area contributed by atoms with Crippen molar-refractivity contribution in [3.63, 3.8) is 0 Å². The fourth-order valence-electron chi connectivity index (χ4n) is 2.03. The van der Waals surface area contributed by atoms with Crippen LogP contribution in [0.5, 0.6) is 0 Å². The lowest BCUT2D eigenvalue weighted by Crippen LogP contribution is -2.23. The Morgan fingerprint density at radius 1 is 1.00 bits per heavy atom. The van der Waals surface area contributed by atoms with Gasteiger partial charge in [-0.3, -0.25) is 14.4 Å². The molecule has 112 valence electrons. The highest BCUT2D eigenvalue weighted by Gasteiger charge is 2.20. The number of aromatic nitrogens is 1. The summed E-state index contributed by atoms with van der Waals surface area (Å²) in [7, 11) is 0. The highest BCUT2D eigenvalue weighted by atomic mass is 16.1. The zero-order valence-electron chi connectivity index (χ0n) is 12.7. The molecule has 0 unspecified atom stereocenters. The first-order chi connectivity index (χ1) is 9.82. The standard InChI is InChI=1S/C11H15NO2.C5H5NO/c1-6-10(8(3)13)5-11(9(4)14)7(2)12-6;7-5-3-1-2-4-6-5/h12H,5H2,1-4H3;1-4H,(H,6,7). The molecule has 1 aliphatic heterocycles. The van der Waals surface area contributed by atoms with Gasteiger partial charge in [-0.05, 0) is 33.8 Å². The van der Waals surface area contributed by atoms with Gasteiger partial charge in [0.25, 0.3) is 0 Å². The summed E-state index contributed by atoms with van der Waals surface area (Å²) in [6.45, 7) is 6.77. The molecule has 2 rings (SSSR count). The van der Waals surface area contributed by atoms with Crippen LogP contribution in [0.4, 0.5) is 0 Å². The van der Waals surface area contributed by atoms with Crippen molar-refractivity contribution in [2.45, 2.75) is 34.1 Å². The van der Waals surface area contributed by atoms with Crippen molar-refractivity contribution in [1.29, 1.82) is 0 Å². The van der Waals surface area contributed by atoms with E-state index >= 15 is 0 Å². The van der Waals surface area contributed by atoms with E-state index in [4.69, 9.17) is 0 Å². The van der Waals surface area contributed by atoms with Gasteiger partial charge < -0.3 is 10.3 Å². The van der Waals surface area contributed by atoms with Crippen LogP contribution >= 0.6 is 0 Å². The third-order valence-electron chi connectivity index (χ3n) is 3.16. The number of hydrogen-bond acceptors (Lipinski definition) is 4. The molecule has 2 N–H and O–H groups in total. The largest absolute Gasteiger partial charge is 0.362 e. The Balaban J connectivity index is 0.000000262. The van der Waals surface area contributed by atoms with Gasteiger partial charge in [0, 0.05) is 41.2 Å². The first kappa shape index (κ1) is 16.6. The molecule has 0 aliphatic carbocycles. The van der Waals surface area contributed by atoms with Crippen molar-refractivity contribution < 1.29 is 9.59 Å². The van der Waals surface area contributed by atoms with E-state index in [1.54, 1.807) is 18.3 Å². The number of rotatable bonds is 2. The quantitative estimate of drug-likeness (QED) is 0.873. The van der Waals surface area contributed by atoms with Gasteiger partial charge in [0.2, 0.25) is 5.56 Å². The molecule has 5 heteroatoms. The van der Waals surface area contributed by atoms with E-state index in [9.17, 15) is 14.4 Å². The molecule has 0 aromatic carbocycles. The van der Waals surface area contributed by atoms with Crippen LogP contribution in [0.3, 0.4) is 0 Å². The molecule has 0 saturated heterocycles. The Hall–Kier alpha value is -2.43. The summed E-state index contributed by atoms with van der Waals surface area (Å²) in [5.74, 6) is 0.0579. The predicted molar refractivity (Wildman–Crippen MR) is 81.6 cm³/mol. The Morgan fingerprint density at radius 3 is 1.81 bits per heavy atom. The minimum atomic E-state index is -0.0532. The lowest BCUT2D eigenvalue weighted by Gasteiger charge is -2.21. The van der Waals surface area contributed by atoms with E-state index < -0.39 is 0 Å². The van der Waals surface area contributed by atoms with E-state index in [0.29, 0.717) is 17.6 Å². The molecule has 0 atom stereocenters. The maximum absolute atomic E-state index is 11.3. The molecule has 0 amide bonds. The van der Waals surface area contributed by atoms with Gasteiger partial charge in [-0.2, -0.15) is 0 Å². The van der Waals surface area contributed by atoms with Crippen LogP contribution in [-0.4, -0.2) is 16.6 Å². The Morgan fingerprint density at radius 2 is 1.52 bits per heavy atom. The fraction of sp³-hybridized carbons (Fsp3) is 0.312. The van der Waals surface area contributed by atoms with Gasteiger partial charge in [0.15, 0.2) is 11.6 Å². The summed E-state index contributed by atoms with van der Waals surface area (Å²) in [5, 5.41) is 3.06. The molecule has 0 saturated carbocycles. The number of allylic oxidation sites excluding steroid dienone is 4. The van der Waals surface area contributed by atoms with E-state index in [-0.39, 0.29) is 17.1 Å². The third-order valence-corrected chi connectivity index (χ3v) is 3.16. The molecule has 0 radical (unpaired) electrons. The number of hydrogen-bond donors (Lipinski definition) is 2. The fourth-order valence-corrected chi connectivity index (χ4v) is 2.03. The molecular weight excluding hydrogens is 268 g/mol. The van der Waals surface area contributed by atoms with Crippen LogP contribution in [-0.2, 0) is 9.59 Å². The molecule has 1 aliphatic rings. The summed E-state index contributed by atoms with van der Waals surface area (Å²) in [6, 6.07) is 4.93. The highest BCUT2D eigenvalue weighted by molar-refractivity contribution is 6.00. The Bertz CT molecular complexity index is 615. The summed E-state index contributed by atoms with van der Waals surface area (Å²) in [5.41, 5.74) is 3.09. The average Bonchev–Trinajstić information content (AvgIpc) is 2.39. The lowest BCUT2D eigenvalue weighted by molar-refractivity contribution is -0.114. The second-order valence-electron chi connectivity index (χ2n) is 4.85. The third kappa shape index (κ3) is 4.87. The molecule has 2 heterocycles. The lowest BCUT2D eigenvalue weighted by atomic mass is 9.94. The number of dihydropyridines is 1. The molecule has 0 bridgehead atoms. The Kier molecular flexibility index (Phi) is 5.84. The van der Waals surface area contributed by atoms with E-state index in [1.807, 2.05) is 13.8 Å². The zero-order chi connectivity index (χ0) is 16.0. The second kappa shape index (κ2) is 7.38. The SMILES string of the molecule is CC(=O)C1=C(C)NC(C)=C(C(C)=O)C1.O=c1cccc[nH]1. The molecule has 1 aromatic rings. The Labute approximate surface area is 123 Å². The number of Topliss-reactive ketones (excluding diaryl/α,β-unsaturated/α-hetero) is 2. The van der Waals surface area contributed by atoms with Crippen LogP contribution in [0.2, 0.25) is 0 Å². The van der Waals surface area contributed by atoms with Crippen molar-refractivity contribution in [1.82, 2.24) is 10.3 Å². The number of H-pyrrole nitrogens is 1. The molecular formula is C16H20N2O3. The monoisotopic (exact) mass is 288 g/mol. The van der Waals surface area contributed by atoms with Crippen molar-refractivity contribution in [2.75, 3.05) is 0 Å². The number of carbonyl (C=O) groups is 2. The topological polar surface area (TPSA) is 79.0 Å². The maximum atomic E-state index is 11.3. The predicted octanol–water partition coefficient (Wildman–Crippen LogP) is 2.08. The zero-order valence-corrected chi connectivity index (χ0v) is 12.7. The number of carbonyl (C=O) groups excluding carboxylic acids is 2. The molecule has 21 heavy (non-hydrogen) atoms. The van der Waals surface area contributed by atoms with E-state index in [0.717, 1.165) is 11.4 Å². The number of nitrogens with one attached hydrogen (secondary N) is 2. The molecule has 0 spiro atoms. The summed E-state index contributed by atoms with van der Waals surface area (Å²) < 4.78 is 0. The minimum Gasteiger partial charge on any atom is -0.362 e. The van der Waals surface area contributed by atoms with Crippen LogP contribution in [0.15, 0.2) is 51.7 Å². The molecule has 5 nitrogen and oxygen atoms in total. The van der Waals surface area contributed by atoms with Crippen molar-refractivity contribution >= 4 is 11.6 Å². The number of aromatic amines is 1. The van der Waals surface area contributed by atoms with Crippen LogP contribution in [0.25, 0.3) is 0 Å². The van der Waals surface area contributed by atoms with Crippen molar-refractivity contribution in [3.8, 4) is 0 Å². The first-order valence-electron chi connectivity index (χ1n) is 6.65. The molecule has 1 aromatic heterocycles. The van der Waals surface area contributed by atoms with Gasteiger partial charge >= 0.3 is 0 Å². The number of pyridine rings is 1. The first-order valence-corrected chi connectivity index (χ1v) is 6.65. The average molecular weight is 288 g/mol. The van der Waals surface area contributed by atoms with Crippen LogP contribution in [0, 0.1) is 0 Å². The summed E-state index contributed by atoms with van der Waals surface area (Å²) in [4.78, 5) is 35.2. The number of ketones is 2.